The number of hydrogen-bond donors (Lipinski definition) is 2. The van der Waals surface area contributed by atoms with Crippen LogP contribution in [0.4, 0.5) is 4.39 Å². The zero-order chi connectivity index (χ0) is 14.6. The molecule has 4 nitrogen and oxygen atoms in total. The Morgan fingerprint density at radius 3 is 2.90 bits per heavy atom. The topological polar surface area (TPSA) is 64.3 Å². The van der Waals surface area contributed by atoms with Gasteiger partial charge in [0.1, 0.15) is 5.82 Å². The van der Waals surface area contributed by atoms with Crippen LogP contribution in [0.25, 0.3) is 0 Å². The molecule has 1 aromatic carbocycles. The zero-order valence-electron chi connectivity index (χ0n) is 11.7. The van der Waals surface area contributed by atoms with E-state index >= 15 is 0 Å². The normalized spacial score (nSPS) is 21.6. The maximum Gasteiger partial charge on any atom is 0.237 e. The Morgan fingerprint density at radius 1 is 1.55 bits per heavy atom. The van der Waals surface area contributed by atoms with Crippen molar-refractivity contribution in [2.24, 2.45) is 5.73 Å². The van der Waals surface area contributed by atoms with Crippen LogP contribution in [-0.2, 0) is 16.0 Å². The summed E-state index contributed by atoms with van der Waals surface area (Å²) in [5.41, 5.74) is 4.99. The lowest BCUT2D eigenvalue weighted by Gasteiger charge is -2.29. The van der Waals surface area contributed by atoms with Crippen molar-refractivity contribution in [2.45, 2.75) is 37.8 Å². The molecule has 0 spiro atoms. The second-order valence-electron chi connectivity index (χ2n) is 5.48. The third-order valence-corrected chi connectivity index (χ3v) is 3.79. The number of primary amides is 1. The second kappa shape index (κ2) is 6.33. The van der Waals surface area contributed by atoms with Crippen LogP contribution in [0.1, 0.15) is 25.3 Å². The fraction of sp³-hybridized carbons (Fsp3) is 0.533. The van der Waals surface area contributed by atoms with Crippen LogP contribution in [0, 0.1) is 5.82 Å². The van der Waals surface area contributed by atoms with Crippen molar-refractivity contribution >= 4 is 5.91 Å². The molecule has 1 saturated heterocycles. The average Bonchev–Trinajstić information content (AvgIpc) is 2.92. The number of nitrogens with two attached hydrogens (primary N) is 1. The second-order valence-corrected chi connectivity index (χ2v) is 5.48. The zero-order valence-corrected chi connectivity index (χ0v) is 11.7. The molecule has 1 heterocycles. The standard InChI is InChI=1S/C15H21FN2O2/c1-15(14(17)19,18-10-12-6-4-8-20-12)9-11-5-2-3-7-13(11)16/h2-3,5,7,12,18H,4,6,8-10H2,1H3,(H2,17,19). The first-order valence-corrected chi connectivity index (χ1v) is 6.91. The van der Waals surface area contributed by atoms with E-state index in [0.717, 1.165) is 19.4 Å². The summed E-state index contributed by atoms with van der Waals surface area (Å²) in [6.07, 6.45) is 2.34. The van der Waals surface area contributed by atoms with Gasteiger partial charge in [0, 0.05) is 19.6 Å². The van der Waals surface area contributed by atoms with E-state index in [4.69, 9.17) is 10.5 Å². The summed E-state index contributed by atoms with van der Waals surface area (Å²) in [4.78, 5) is 11.7. The van der Waals surface area contributed by atoms with E-state index in [1.165, 1.54) is 6.07 Å². The number of ether oxygens (including phenoxy) is 1. The minimum Gasteiger partial charge on any atom is -0.377 e. The molecule has 0 aromatic heterocycles. The van der Waals surface area contributed by atoms with Gasteiger partial charge >= 0.3 is 0 Å². The first-order chi connectivity index (χ1) is 9.51. The molecule has 1 aromatic rings. The maximum atomic E-state index is 13.7. The van der Waals surface area contributed by atoms with E-state index in [0.29, 0.717) is 12.1 Å². The Hall–Kier alpha value is -1.46. The molecular formula is C15H21FN2O2. The van der Waals surface area contributed by atoms with Crippen LogP contribution in [0.2, 0.25) is 0 Å². The van der Waals surface area contributed by atoms with E-state index in [2.05, 4.69) is 5.32 Å². The average molecular weight is 280 g/mol. The first kappa shape index (κ1) is 14.9. The SMILES string of the molecule is CC(Cc1ccccc1F)(NCC1CCCO1)C(N)=O. The van der Waals surface area contributed by atoms with Crippen molar-refractivity contribution < 1.29 is 13.9 Å². The molecule has 0 aliphatic carbocycles. The summed E-state index contributed by atoms with van der Waals surface area (Å²) in [6, 6.07) is 6.43. The number of benzene rings is 1. The number of rotatable bonds is 6. The lowest BCUT2D eigenvalue weighted by molar-refractivity contribution is -0.124. The van der Waals surface area contributed by atoms with E-state index < -0.39 is 11.4 Å². The Morgan fingerprint density at radius 2 is 2.30 bits per heavy atom. The van der Waals surface area contributed by atoms with Gasteiger partial charge in [0.2, 0.25) is 5.91 Å². The van der Waals surface area contributed by atoms with Gasteiger partial charge in [-0.25, -0.2) is 4.39 Å². The van der Waals surface area contributed by atoms with E-state index in [-0.39, 0.29) is 18.3 Å². The number of carbonyl (C=O) groups is 1. The van der Waals surface area contributed by atoms with Crippen molar-refractivity contribution in [2.75, 3.05) is 13.2 Å². The molecule has 20 heavy (non-hydrogen) atoms. The van der Waals surface area contributed by atoms with Crippen LogP contribution in [0.15, 0.2) is 24.3 Å². The summed E-state index contributed by atoms with van der Waals surface area (Å²) in [5.74, 6) is -0.808. The summed E-state index contributed by atoms with van der Waals surface area (Å²) >= 11 is 0. The smallest absolute Gasteiger partial charge is 0.237 e. The summed E-state index contributed by atoms with van der Waals surface area (Å²) in [7, 11) is 0. The van der Waals surface area contributed by atoms with Crippen molar-refractivity contribution in [1.29, 1.82) is 0 Å². The summed E-state index contributed by atoms with van der Waals surface area (Å²) < 4.78 is 19.2. The predicted molar refractivity (Wildman–Crippen MR) is 74.7 cm³/mol. The molecule has 0 bridgehead atoms. The monoisotopic (exact) mass is 280 g/mol. The fourth-order valence-corrected chi connectivity index (χ4v) is 2.40. The van der Waals surface area contributed by atoms with Crippen LogP contribution in [0.5, 0.6) is 0 Å². The fourth-order valence-electron chi connectivity index (χ4n) is 2.40. The highest BCUT2D eigenvalue weighted by molar-refractivity contribution is 5.84. The number of carbonyl (C=O) groups excluding carboxylic acids is 1. The highest BCUT2D eigenvalue weighted by atomic mass is 19.1. The number of hydrogen-bond acceptors (Lipinski definition) is 3. The van der Waals surface area contributed by atoms with E-state index in [1.807, 2.05) is 0 Å². The Balaban J connectivity index is 2.04. The summed E-state index contributed by atoms with van der Waals surface area (Å²) in [6.45, 7) is 3.01. The Bertz CT molecular complexity index is 475. The van der Waals surface area contributed by atoms with Crippen molar-refractivity contribution in [3.05, 3.63) is 35.6 Å². The van der Waals surface area contributed by atoms with Gasteiger partial charge in [-0.05, 0) is 31.4 Å². The third-order valence-electron chi connectivity index (χ3n) is 3.79. The molecule has 110 valence electrons. The molecule has 5 heteroatoms. The molecule has 0 saturated carbocycles. The van der Waals surface area contributed by atoms with Gasteiger partial charge in [-0.15, -0.1) is 0 Å². The van der Waals surface area contributed by atoms with E-state index in [1.54, 1.807) is 25.1 Å². The van der Waals surface area contributed by atoms with Crippen LogP contribution >= 0.6 is 0 Å². The van der Waals surface area contributed by atoms with Crippen molar-refractivity contribution in [3.8, 4) is 0 Å². The van der Waals surface area contributed by atoms with Crippen molar-refractivity contribution in [1.82, 2.24) is 5.32 Å². The largest absolute Gasteiger partial charge is 0.377 e. The van der Waals surface area contributed by atoms with Gasteiger partial charge in [-0.3, -0.25) is 4.79 Å². The quantitative estimate of drug-likeness (QED) is 0.827. The minimum atomic E-state index is -0.978. The first-order valence-electron chi connectivity index (χ1n) is 6.91. The molecule has 1 aliphatic rings. The molecule has 2 unspecified atom stereocenters. The molecule has 2 atom stereocenters. The highest BCUT2D eigenvalue weighted by Gasteiger charge is 2.33. The maximum absolute atomic E-state index is 13.7. The molecule has 1 amide bonds. The van der Waals surface area contributed by atoms with Gasteiger partial charge in [-0.2, -0.15) is 0 Å². The van der Waals surface area contributed by atoms with Crippen molar-refractivity contribution in [3.63, 3.8) is 0 Å². The van der Waals surface area contributed by atoms with Gasteiger partial charge in [-0.1, -0.05) is 18.2 Å². The summed E-state index contributed by atoms with van der Waals surface area (Å²) in [5, 5.41) is 3.15. The van der Waals surface area contributed by atoms with Gasteiger partial charge in [0.05, 0.1) is 11.6 Å². The predicted octanol–water partition coefficient (Wildman–Crippen LogP) is 1.38. The molecule has 3 N–H and O–H groups in total. The molecule has 2 rings (SSSR count). The molecule has 1 fully saturated rings. The number of nitrogens with one attached hydrogen (secondary N) is 1. The van der Waals surface area contributed by atoms with Crippen LogP contribution in [0.3, 0.4) is 0 Å². The Labute approximate surface area is 118 Å². The number of amides is 1. The van der Waals surface area contributed by atoms with Gasteiger partial charge in [0.25, 0.3) is 0 Å². The van der Waals surface area contributed by atoms with E-state index in [9.17, 15) is 9.18 Å². The third kappa shape index (κ3) is 3.55. The lowest BCUT2D eigenvalue weighted by Crippen LogP contribution is -2.56. The van der Waals surface area contributed by atoms with Crippen LogP contribution < -0.4 is 11.1 Å². The van der Waals surface area contributed by atoms with Gasteiger partial charge in [0.15, 0.2) is 0 Å². The minimum absolute atomic E-state index is 0.106. The Kier molecular flexibility index (Phi) is 4.73. The molecule has 1 aliphatic heterocycles. The highest BCUT2D eigenvalue weighted by Crippen LogP contribution is 2.18. The molecule has 0 radical (unpaired) electrons. The molecular weight excluding hydrogens is 259 g/mol. The lowest BCUT2D eigenvalue weighted by atomic mass is 9.91. The van der Waals surface area contributed by atoms with Crippen LogP contribution in [-0.4, -0.2) is 30.7 Å². The van der Waals surface area contributed by atoms with Gasteiger partial charge < -0.3 is 15.8 Å². The number of halogens is 1.